The van der Waals surface area contributed by atoms with Crippen molar-refractivity contribution in [2.45, 2.75) is 35.7 Å². The maximum atomic E-state index is 13.7. The number of aryl methyl sites for hydroxylation is 2. The molecule has 1 fully saturated rings. The molecule has 5 heteroatoms. The van der Waals surface area contributed by atoms with Crippen LogP contribution in [-0.4, -0.2) is 33.0 Å². The highest BCUT2D eigenvalue weighted by Crippen LogP contribution is 2.33. The van der Waals surface area contributed by atoms with Crippen LogP contribution in [0.5, 0.6) is 0 Å². The van der Waals surface area contributed by atoms with Crippen molar-refractivity contribution in [3.8, 4) is 0 Å². The van der Waals surface area contributed by atoms with Gasteiger partial charge in [0.25, 0.3) is 0 Å². The second-order valence-electron chi connectivity index (χ2n) is 8.40. The zero-order chi connectivity index (χ0) is 22.7. The van der Waals surface area contributed by atoms with Crippen LogP contribution in [-0.2, 0) is 9.84 Å². The van der Waals surface area contributed by atoms with Crippen LogP contribution in [0.4, 0.5) is 0 Å². The normalized spacial score (nSPS) is 18.2. The minimum atomic E-state index is -3.64. The molecule has 2 atom stereocenters. The molecule has 1 heterocycles. The van der Waals surface area contributed by atoms with Gasteiger partial charge in [-0.25, -0.2) is 8.42 Å². The summed E-state index contributed by atoms with van der Waals surface area (Å²) in [5.74, 6) is 0. The number of nitrogens with one attached hydrogen (secondary N) is 1. The van der Waals surface area contributed by atoms with E-state index in [1.807, 2.05) is 62.4 Å². The SMILES string of the molecule is C=CC(c1ccccc1)N1CCNC(c2ccccc2S(=O)(=O)c2ccc(C)cc2C)C1. The molecular formula is C27H30N2O2S. The van der Waals surface area contributed by atoms with E-state index < -0.39 is 9.84 Å². The van der Waals surface area contributed by atoms with Gasteiger partial charge in [0.1, 0.15) is 0 Å². The standard InChI is InChI=1S/C27H30N2O2S/c1-4-25(22-10-6-5-7-11-22)29-17-16-28-24(19-29)23-12-8-9-13-27(23)32(30,31)26-15-14-20(2)18-21(26)3/h4-15,18,24-25,28H,1,16-17,19H2,2-3H3. The first-order valence-corrected chi connectivity index (χ1v) is 12.5. The number of rotatable bonds is 6. The first-order chi connectivity index (χ1) is 15.4. The predicted octanol–water partition coefficient (Wildman–Crippen LogP) is 5.01. The van der Waals surface area contributed by atoms with Gasteiger partial charge in [-0.15, -0.1) is 6.58 Å². The van der Waals surface area contributed by atoms with Crippen LogP contribution >= 0.6 is 0 Å². The zero-order valence-electron chi connectivity index (χ0n) is 18.7. The Bertz CT molecular complexity index is 1210. The summed E-state index contributed by atoms with van der Waals surface area (Å²) in [7, 11) is -3.64. The predicted molar refractivity (Wildman–Crippen MR) is 130 cm³/mol. The summed E-state index contributed by atoms with van der Waals surface area (Å²) in [6.45, 7) is 10.2. The van der Waals surface area contributed by atoms with Crippen LogP contribution < -0.4 is 5.32 Å². The minimum Gasteiger partial charge on any atom is -0.308 e. The number of hydrogen-bond acceptors (Lipinski definition) is 4. The second kappa shape index (κ2) is 9.41. The molecule has 0 radical (unpaired) electrons. The molecule has 32 heavy (non-hydrogen) atoms. The molecule has 1 aliphatic rings. The Balaban J connectivity index is 1.68. The summed E-state index contributed by atoms with van der Waals surface area (Å²) in [5.41, 5.74) is 3.83. The Morgan fingerprint density at radius 3 is 2.44 bits per heavy atom. The average Bonchev–Trinajstić information content (AvgIpc) is 2.80. The van der Waals surface area contributed by atoms with Crippen LogP contribution in [0.3, 0.4) is 0 Å². The molecule has 3 aromatic carbocycles. The molecule has 0 bridgehead atoms. The molecule has 0 spiro atoms. The van der Waals surface area contributed by atoms with E-state index in [2.05, 4.69) is 28.9 Å². The summed E-state index contributed by atoms with van der Waals surface area (Å²) in [6, 6.07) is 23.2. The van der Waals surface area contributed by atoms with Crippen molar-refractivity contribution < 1.29 is 8.42 Å². The number of nitrogens with zero attached hydrogens (tertiary/aromatic N) is 1. The monoisotopic (exact) mass is 446 g/mol. The van der Waals surface area contributed by atoms with Crippen LogP contribution in [0.1, 0.15) is 34.3 Å². The van der Waals surface area contributed by atoms with Crippen molar-refractivity contribution in [1.29, 1.82) is 0 Å². The van der Waals surface area contributed by atoms with Gasteiger partial charge in [0.2, 0.25) is 9.84 Å². The van der Waals surface area contributed by atoms with Gasteiger partial charge in [0, 0.05) is 25.7 Å². The molecule has 1 N–H and O–H groups in total. The molecule has 0 amide bonds. The molecule has 3 aromatic rings. The summed E-state index contributed by atoms with van der Waals surface area (Å²) in [6.07, 6.45) is 1.97. The van der Waals surface area contributed by atoms with Crippen molar-refractivity contribution in [3.05, 3.63) is 108 Å². The van der Waals surface area contributed by atoms with Gasteiger partial charge in [0.05, 0.1) is 15.8 Å². The summed E-state index contributed by atoms with van der Waals surface area (Å²) in [4.78, 5) is 3.11. The fourth-order valence-corrected chi connectivity index (χ4v) is 6.36. The number of sulfone groups is 1. The zero-order valence-corrected chi connectivity index (χ0v) is 19.5. The van der Waals surface area contributed by atoms with E-state index >= 15 is 0 Å². The van der Waals surface area contributed by atoms with Gasteiger partial charge in [-0.3, -0.25) is 4.90 Å². The average molecular weight is 447 g/mol. The van der Waals surface area contributed by atoms with Crippen molar-refractivity contribution >= 4 is 9.84 Å². The fourth-order valence-electron chi connectivity index (χ4n) is 4.61. The quantitative estimate of drug-likeness (QED) is 0.541. The number of hydrogen-bond donors (Lipinski definition) is 1. The maximum absolute atomic E-state index is 13.7. The van der Waals surface area contributed by atoms with Gasteiger partial charge >= 0.3 is 0 Å². The number of benzene rings is 3. The molecule has 1 saturated heterocycles. The Kier molecular flexibility index (Phi) is 6.60. The smallest absolute Gasteiger partial charge is 0.207 e. The van der Waals surface area contributed by atoms with Crippen molar-refractivity contribution in [3.63, 3.8) is 0 Å². The van der Waals surface area contributed by atoms with Crippen molar-refractivity contribution in [2.75, 3.05) is 19.6 Å². The largest absolute Gasteiger partial charge is 0.308 e. The van der Waals surface area contributed by atoms with E-state index in [-0.39, 0.29) is 12.1 Å². The molecule has 166 valence electrons. The van der Waals surface area contributed by atoms with Crippen LogP contribution in [0, 0.1) is 13.8 Å². The maximum Gasteiger partial charge on any atom is 0.207 e. The highest BCUT2D eigenvalue weighted by atomic mass is 32.2. The summed E-state index contributed by atoms with van der Waals surface area (Å²) in [5, 5.41) is 3.54. The van der Waals surface area contributed by atoms with E-state index in [0.29, 0.717) is 16.3 Å². The minimum absolute atomic E-state index is 0.0870. The van der Waals surface area contributed by atoms with Gasteiger partial charge in [-0.1, -0.05) is 72.3 Å². The highest BCUT2D eigenvalue weighted by Gasteiger charge is 2.31. The fraction of sp³-hybridized carbons (Fsp3) is 0.259. The van der Waals surface area contributed by atoms with Crippen LogP contribution in [0.15, 0.2) is 95.2 Å². The third kappa shape index (κ3) is 4.42. The first kappa shape index (κ1) is 22.5. The molecule has 2 unspecified atom stereocenters. The molecule has 0 aliphatic carbocycles. The Labute approximate surface area is 191 Å². The van der Waals surface area contributed by atoms with Crippen LogP contribution in [0.25, 0.3) is 0 Å². The Morgan fingerprint density at radius 2 is 1.72 bits per heavy atom. The Morgan fingerprint density at radius 1 is 1.00 bits per heavy atom. The second-order valence-corrected chi connectivity index (χ2v) is 10.3. The van der Waals surface area contributed by atoms with Crippen molar-refractivity contribution in [2.24, 2.45) is 0 Å². The lowest BCUT2D eigenvalue weighted by Gasteiger charge is -2.38. The number of piperazine rings is 1. The molecule has 4 nitrogen and oxygen atoms in total. The summed E-state index contributed by atoms with van der Waals surface area (Å²) < 4.78 is 27.3. The van der Waals surface area contributed by atoms with E-state index in [1.54, 1.807) is 18.2 Å². The topological polar surface area (TPSA) is 49.4 Å². The molecular weight excluding hydrogens is 416 g/mol. The third-order valence-corrected chi connectivity index (χ3v) is 8.16. The Hall–Kier alpha value is -2.73. The van der Waals surface area contributed by atoms with E-state index in [4.69, 9.17) is 0 Å². The van der Waals surface area contributed by atoms with Crippen LogP contribution in [0.2, 0.25) is 0 Å². The lowest BCUT2D eigenvalue weighted by molar-refractivity contribution is 0.167. The van der Waals surface area contributed by atoms with Gasteiger partial charge < -0.3 is 5.32 Å². The van der Waals surface area contributed by atoms with Crippen molar-refractivity contribution in [1.82, 2.24) is 10.2 Å². The van der Waals surface area contributed by atoms with E-state index in [9.17, 15) is 8.42 Å². The molecule has 4 rings (SSSR count). The molecule has 0 saturated carbocycles. The third-order valence-electron chi connectivity index (χ3n) is 6.17. The molecule has 0 aromatic heterocycles. The van der Waals surface area contributed by atoms with Gasteiger partial charge in [-0.2, -0.15) is 0 Å². The summed E-state index contributed by atoms with van der Waals surface area (Å²) >= 11 is 0. The van der Waals surface area contributed by atoms with E-state index in [1.165, 1.54) is 5.56 Å². The van der Waals surface area contributed by atoms with Gasteiger partial charge in [0.15, 0.2) is 0 Å². The first-order valence-electron chi connectivity index (χ1n) is 11.0. The van der Waals surface area contributed by atoms with Gasteiger partial charge in [-0.05, 0) is 42.7 Å². The lowest BCUT2D eigenvalue weighted by Crippen LogP contribution is -2.47. The lowest BCUT2D eigenvalue weighted by atomic mass is 10.00. The highest BCUT2D eigenvalue weighted by molar-refractivity contribution is 7.91. The van der Waals surface area contributed by atoms with E-state index in [0.717, 1.165) is 29.8 Å². The molecule has 1 aliphatic heterocycles.